The molecule has 118 valence electrons. The third-order valence-electron chi connectivity index (χ3n) is 3.77. The van der Waals surface area contributed by atoms with Crippen molar-refractivity contribution in [1.82, 2.24) is 4.90 Å². The number of aliphatic carboxylic acids is 1. The van der Waals surface area contributed by atoms with E-state index in [1.165, 1.54) is 6.07 Å². The van der Waals surface area contributed by atoms with Gasteiger partial charge in [0.25, 0.3) is 0 Å². The molecule has 0 spiro atoms. The molecule has 0 aliphatic carbocycles. The van der Waals surface area contributed by atoms with Gasteiger partial charge >= 0.3 is 12.1 Å². The molecule has 0 aliphatic heterocycles. The number of benzene rings is 1. The van der Waals surface area contributed by atoms with Gasteiger partial charge in [-0.2, -0.15) is 13.2 Å². The minimum Gasteiger partial charge on any atom is -0.481 e. The highest BCUT2D eigenvalue weighted by Crippen LogP contribution is 2.36. The lowest BCUT2D eigenvalue weighted by Gasteiger charge is -2.40. The first-order valence-corrected chi connectivity index (χ1v) is 6.79. The Kier molecular flexibility index (Phi) is 5.39. The average molecular weight is 303 g/mol. The maximum Gasteiger partial charge on any atom is 0.416 e. The molecule has 1 N–H and O–H groups in total. The molecule has 3 nitrogen and oxygen atoms in total. The number of carboxylic acid groups (broad SMARTS) is 1. The van der Waals surface area contributed by atoms with Crippen molar-refractivity contribution in [3.63, 3.8) is 0 Å². The highest BCUT2D eigenvalue weighted by molar-refractivity contribution is 5.69. The standard InChI is InChI=1S/C15H20F3NO2/c1-4-19(5-2)14(3,10-13(20)21)11-7-6-8-12(9-11)15(16,17)18/h6-9H,4-5,10H2,1-3H3,(H,20,21). The summed E-state index contributed by atoms with van der Waals surface area (Å²) < 4.78 is 38.6. The Hall–Kier alpha value is -1.56. The molecule has 0 radical (unpaired) electrons. The van der Waals surface area contributed by atoms with Gasteiger partial charge in [-0.3, -0.25) is 9.69 Å². The van der Waals surface area contributed by atoms with Crippen LogP contribution in [0.4, 0.5) is 13.2 Å². The van der Waals surface area contributed by atoms with Gasteiger partial charge in [-0.15, -0.1) is 0 Å². The summed E-state index contributed by atoms with van der Waals surface area (Å²) in [5.41, 5.74) is -1.37. The highest BCUT2D eigenvalue weighted by Gasteiger charge is 2.37. The van der Waals surface area contributed by atoms with Gasteiger partial charge in [-0.25, -0.2) is 0 Å². The van der Waals surface area contributed by atoms with E-state index in [0.29, 0.717) is 18.7 Å². The van der Waals surface area contributed by atoms with Crippen LogP contribution in [0.5, 0.6) is 0 Å². The third-order valence-corrected chi connectivity index (χ3v) is 3.77. The Morgan fingerprint density at radius 3 is 2.14 bits per heavy atom. The number of carboxylic acids is 1. The van der Waals surface area contributed by atoms with Crippen LogP contribution in [0.1, 0.15) is 38.3 Å². The van der Waals surface area contributed by atoms with E-state index in [1.807, 2.05) is 18.7 Å². The van der Waals surface area contributed by atoms with Crippen molar-refractivity contribution < 1.29 is 23.1 Å². The molecule has 6 heteroatoms. The minimum atomic E-state index is -4.44. The summed E-state index contributed by atoms with van der Waals surface area (Å²) in [4.78, 5) is 13.0. The van der Waals surface area contributed by atoms with Gasteiger partial charge in [0.2, 0.25) is 0 Å². The Morgan fingerprint density at radius 1 is 1.19 bits per heavy atom. The summed E-state index contributed by atoms with van der Waals surface area (Å²) in [7, 11) is 0. The summed E-state index contributed by atoms with van der Waals surface area (Å²) in [6.45, 7) is 6.49. The van der Waals surface area contributed by atoms with Gasteiger partial charge in [0.15, 0.2) is 0 Å². The van der Waals surface area contributed by atoms with Crippen LogP contribution in [0.3, 0.4) is 0 Å². The van der Waals surface area contributed by atoms with Crippen molar-refractivity contribution in [3.8, 4) is 0 Å². The van der Waals surface area contributed by atoms with E-state index in [1.54, 1.807) is 13.0 Å². The molecule has 1 atom stereocenters. The molecule has 1 rings (SSSR count). The second kappa shape index (κ2) is 6.47. The molecule has 0 fully saturated rings. The SMILES string of the molecule is CCN(CC)C(C)(CC(=O)O)c1cccc(C(F)(F)F)c1. The monoisotopic (exact) mass is 303 g/mol. The number of rotatable bonds is 6. The minimum absolute atomic E-state index is 0.254. The average Bonchev–Trinajstić information content (AvgIpc) is 2.38. The molecular weight excluding hydrogens is 283 g/mol. The molecule has 0 aliphatic rings. The fourth-order valence-electron chi connectivity index (χ4n) is 2.64. The van der Waals surface area contributed by atoms with E-state index in [9.17, 15) is 18.0 Å². The zero-order chi connectivity index (χ0) is 16.3. The smallest absolute Gasteiger partial charge is 0.416 e. The van der Waals surface area contributed by atoms with Crippen molar-refractivity contribution in [1.29, 1.82) is 0 Å². The van der Waals surface area contributed by atoms with Crippen LogP contribution in [0.2, 0.25) is 0 Å². The number of alkyl halides is 3. The van der Waals surface area contributed by atoms with Crippen LogP contribution in [0.25, 0.3) is 0 Å². The molecule has 1 aromatic carbocycles. The van der Waals surface area contributed by atoms with Crippen molar-refractivity contribution in [2.45, 2.75) is 38.9 Å². The Balaban J connectivity index is 3.36. The summed E-state index contributed by atoms with van der Waals surface area (Å²) in [5, 5.41) is 9.13. The molecule has 0 bridgehead atoms. The lowest BCUT2D eigenvalue weighted by atomic mass is 9.85. The van der Waals surface area contributed by atoms with E-state index >= 15 is 0 Å². The van der Waals surface area contributed by atoms with Gasteiger partial charge < -0.3 is 5.11 Å². The van der Waals surface area contributed by atoms with Crippen molar-refractivity contribution in [2.24, 2.45) is 0 Å². The zero-order valence-corrected chi connectivity index (χ0v) is 12.4. The third kappa shape index (κ3) is 3.97. The topological polar surface area (TPSA) is 40.5 Å². The largest absolute Gasteiger partial charge is 0.481 e. The molecule has 1 aromatic rings. The van der Waals surface area contributed by atoms with Crippen molar-refractivity contribution in [3.05, 3.63) is 35.4 Å². The van der Waals surface area contributed by atoms with Crippen LogP contribution >= 0.6 is 0 Å². The summed E-state index contributed by atoms with van der Waals surface area (Å²) >= 11 is 0. The van der Waals surface area contributed by atoms with Crippen LogP contribution in [0.15, 0.2) is 24.3 Å². The van der Waals surface area contributed by atoms with Crippen LogP contribution in [-0.4, -0.2) is 29.1 Å². The Bertz CT molecular complexity index is 498. The summed E-state index contributed by atoms with van der Waals surface area (Å²) in [6.07, 6.45) is -4.70. The lowest BCUT2D eigenvalue weighted by molar-refractivity contribution is -0.140. The van der Waals surface area contributed by atoms with Crippen molar-refractivity contribution in [2.75, 3.05) is 13.1 Å². The second-order valence-electron chi connectivity index (χ2n) is 5.10. The fraction of sp³-hybridized carbons (Fsp3) is 0.533. The van der Waals surface area contributed by atoms with E-state index < -0.39 is 23.2 Å². The molecule has 21 heavy (non-hydrogen) atoms. The van der Waals surface area contributed by atoms with E-state index in [2.05, 4.69) is 0 Å². The molecule has 0 heterocycles. The van der Waals surface area contributed by atoms with Crippen LogP contribution in [0, 0.1) is 0 Å². The van der Waals surface area contributed by atoms with Gasteiger partial charge in [0.05, 0.1) is 17.5 Å². The summed E-state index contributed by atoms with van der Waals surface area (Å²) in [6, 6.07) is 4.91. The number of halogens is 3. The van der Waals surface area contributed by atoms with E-state index in [-0.39, 0.29) is 6.42 Å². The predicted molar refractivity (Wildman–Crippen MR) is 74.0 cm³/mol. The van der Waals surface area contributed by atoms with E-state index in [0.717, 1.165) is 12.1 Å². The molecule has 0 amide bonds. The van der Waals surface area contributed by atoms with Crippen LogP contribution in [-0.2, 0) is 16.5 Å². The van der Waals surface area contributed by atoms with Crippen LogP contribution < -0.4 is 0 Å². The number of hydrogen-bond donors (Lipinski definition) is 1. The van der Waals surface area contributed by atoms with E-state index in [4.69, 9.17) is 5.11 Å². The Labute approximate surface area is 122 Å². The molecular formula is C15H20F3NO2. The molecule has 0 saturated carbocycles. The lowest BCUT2D eigenvalue weighted by Crippen LogP contribution is -2.45. The zero-order valence-electron chi connectivity index (χ0n) is 12.4. The number of carbonyl (C=O) groups is 1. The molecule has 0 saturated heterocycles. The molecule has 0 aromatic heterocycles. The normalized spacial score (nSPS) is 15.0. The first kappa shape index (κ1) is 17.5. The van der Waals surface area contributed by atoms with Gasteiger partial charge in [0, 0.05) is 0 Å². The quantitative estimate of drug-likeness (QED) is 0.870. The highest BCUT2D eigenvalue weighted by atomic mass is 19.4. The Morgan fingerprint density at radius 2 is 1.71 bits per heavy atom. The first-order chi connectivity index (χ1) is 9.65. The second-order valence-corrected chi connectivity index (χ2v) is 5.10. The number of hydrogen-bond acceptors (Lipinski definition) is 2. The fourth-order valence-corrected chi connectivity index (χ4v) is 2.64. The molecule has 1 unspecified atom stereocenters. The van der Waals surface area contributed by atoms with Crippen molar-refractivity contribution >= 4 is 5.97 Å². The maximum atomic E-state index is 12.9. The van der Waals surface area contributed by atoms with Gasteiger partial charge in [0.1, 0.15) is 0 Å². The number of nitrogens with zero attached hydrogens (tertiary/aromatic N) is 1. The summed E-state index contributed by atoms with van der Waals surface area (Å²) in [5.74, 6) is -1.04. The van der Waals surface area contributed by atoms with Gasteiger partial charge in [-0.1, -0.05) is 26.0 Å². The first-order valence-electron chi connectivity index (χ1n) is 6.79. The predicted octanol–water partition coefficient (Wildman–Crippen LogP) is 3.74. The maximum absolute atomic E-state index is 12.9. The van der Waals surface area contributed by atoms with Gasteiger partial charge in [-0.05, 0) is 37.7 Å².